The van der Waals surface area contributed by atoms with E-state index in [2.05, 4.69) is 25.8 Å². The van der Waals surface area contributed by atoms with Crippen LogP contribution in [0.3, 0.4) is 0 Å². The Bertz CT molecular complexity index is 2010. The van der Waals surface area contributed by atoms with Crippen LogP contribution in [0.5, 0.6) is 0 Å². The first-order valence-electron chi connectivity index (χ1n) is 17.0. The van der Waals surface area contributed by atoms with Crippen molar-refractivity contribution in [3.8, 4) is 16.9 Å². The molecule has 2 N–H and O–H groups in total. The summed E-state index contributed by atoms with van der Waals surface area (Å²) in [6.45, 7) is 1.52. The Kier molecular flexibility index (Phi) is 9.94. The molecule has 2 aromatic heterocycles. The summed E-state index contributed by atoms with van der Waals surface area (Å²) in [5.74, 6) is 1.74. The highest BCUT2D eigenvalue weighted by Gasteiger charge is 2.48. The number of carbonyl (C=O) groups is 2. The van der Waals surface area contributed by atoms with Gasteiger partial charge in [-0.3, -0.25) is 10.1 Å². The van der Waals surface area contributed by atoms with Crippen molar-refractivity contribution in [2.45, 2.75) is 38.1 Å². The lowest BCUT2D eigenvalue weighted by atomic mass is 9.72. The van der Waals surface area contributed by atoms with Crippen molar-refractivity contribution in [2.75, 3.05) is 38.3 Å². The Labute approximate surface area is 301 Å². The minimum atomic E-state index is -3.25. The lowest BCUT2D eigenvalue weighted by molar-refractivity contribution is -0.134. The number of likely N-dealkylation sites (tertiary alicyclic amines) is 1. The van der Waals surface area contributed by atoms with Crippen molar-refractivity contribution in [3.63, 3.8) is 0 Å². The van der Waals surface area contributed by atoms with Crippen molar-refractivity contribution >= 4 is 45.4 Å². The molecule has 268 valence electrons. The molecule has 4 heterocycles. The number of hydrogen-bond acceptors (Lipinski definition) is 9. The quantitative estimate of drug-likeness (QED) is 0.220. The molecule has 1 aliphatic carbocycles. The molecular weight excluding hydrogens is 694 g/mol. The number of ether oxygens (including phenoxy) is 1. The van der Waals surface area contributed by atoms with E-state index in [4.69, 9.17) is 21.3 Å². The van der Waals surface area contributed by atoms with E-state index in [1.54, 1.807) is 46.8 Å². The van der Waals surface area contributed by atoms with Crippen molar-refractivity contribution in [1.29, 1.82) is 0 Å². The van der Waals surface area contributed by atoms with Crippen molar-refractivity contribution in [2.24, 2.45) is 23.7 Å². The zero-order chi connectivity index (χ0) is 35.7. The van der Waals surface area contributed by atoms with Gasteiger partial charge in [0.05, 0.1) is 30.8 Å². The van der Waals surface area contributed by atoms with Gasteiger partial charge in [-0.25, -0.2) is 22.5 Å². The fourth-order valence-electron chi connectivity index (χ4n) is 7.65. The highest BCUT2D eigenvalue weighted by Crippen LogP contribution is 2.52. The Morgan fingerprint density at radius 1 is 1.04 bits per heavy atom. The van der Waals surface area contributed by atoms with E-state index in [-0.39, 0.29) is 23.8 Å². The maximum absolute atomic E-state index is 14.5. The number of amides is 2. The second kappa shape index (κ2) is 14.6. The maximum Gasteiger partial charge on any atom is 0.411 e. The van der Waals surface area contributed by atoms with Gasteiger partial charge in [0.25, 0.3) is 0 Å². The van der Waals surface area contributed by atoms with Crippen LogP contribution in [0.1, 0.15) is 49.5 Å². The molecule has 7 rings (SSSR count). The van der Waals surface area contributed by atoms with E-state index in [0.29, 0.717) is 53.4 Å². The van der Waals surface area contributed by atoms with Crippen LogP contribution in [0.2, 0.25) is 5.02 Å². The molecule has 1 saturated carbocycles. The average molecular weight is 734 g/mol. The smallest absolute Gasteiger partial charge is 0.411 e. The number of rotatable bonds is 9. The number of hydrogen-bond donors (Lipinski definition) is 2. The summed E-state index contributed by atoms with van der Waals surface area (Å²) in [4.78, 5) is 36.5. The number of nitrogens with one attached hydrogen (secondary N) is 2. The molecule has 0 radical (unpaired) electrons. The fourth-order valence-corrected chi connectivity index (χ4v) is 8.70. The van der Waals surface area contributed by atoms with Crippen LogP contribution in [-0.4, -0.2) is 92.8 Å². The fraction of sp³-hybridized carbons (Fsp3) is 0.429. The summed E-state index contributed by atoms with van der Waals surface area (Å²) < 4.78 is 32.3. The molecule has 14 nitrogen and oxygen atoms in total. The largest absolute Gasteiger partial charge is 0.453 e. The number of benzene rings is 2. The molecule has 2 aromatic carbocycles. The van der Waals surface area contributed by atoms with Crippen LogP contribution >= 0.6 is 11.6 Å². The maximum atomic E-state index is 14.5. The number of carbonyl (C=O) groups excluding carboxylic acids is 2. The van der Waals surface area contributed by atoms with E-state index in [1.165, 1.54) is 24.4 Å². The summed E-state index contributed by atoms with van der Waals surface area (Å²) in [6, 6.07) is 12.4. The summed E-state index contributed by atoms with van der Waals surface area (Å²) in [6.07, 6.45) is 12.1. The summed E-state index contributed by atoms with van der Waals surface area (Å²) >= 11 is 6.37. The van der Waals surface area contributed by atoms with Gasteiger partial charge in [0.2, 0.25) is 15.9 Å². The monoisotopic (exact) mass is 733 g/mol. The summed E-state index contributed by atoms with van der Waals surface area (Å²) in [5.41, 5.74) is 3.55. The van der Waals surface area contributed by atoms with Gasteiger partial charge < -0.3 is 14.6 Å². The molecule has 2 aliphatic heterocycles. The van der Waals surface area contributed by atoms with Gasteiger partial charge in [-0.05, 0) is 103 Å². The lowest BCUT2D eigenvalue weighted by Gasteiger charge is -2.47. The van der Waals surface area contributed by atoms with E-state index in [0.717, 1.165) is 49.2 Å². The van der Waals surface area contributed by atoms with E-state index in [9.17, 15) is 18.0 Å². The number of anilines is 1. The number of H-pyrrole nitrogens is 1. The second-order valence-corrected chi connectivity index (χ2v) is 16.0. The van der Waals surface area contributed by atoms with Crippen molar-refractivity contribution in [1.82, 2.24) is 39.4 Å². The number of halogens is 1. The molecule has 16 heteroatoms. The topological polar surface area (TPSA) is 168 Å². The average Bonchev–Trinajstić information content (AvgIpc) is 3.60. The number of tetrazole rings is 1. The Morgan fingerprint density at radius 3 is 2.47 bits per heavy atom. The number of aromatic nitrogens is 6. The number of piperidine rings is 2. The Hall–Kier alpha value is -4.60. The number of nitrogens with zero attached hydrogens (tertiary/aromatic N) is 7. The van der Waals surface area contributed by atoms with Gasteiger partial charge in [-0.2, -0.15) is 4.68 Å². The van der Waals surface area contributed by atoms with Crippen LogP contribution in [-0.2, 0) is 19.6 Å². The van der Waals surface area contributed by atoms with Gasteiger partial charge in [0.15, 0.2) is 0 Å². The number of aromatic amines is 1. The van der Waals surface area contributed by atoms with Crippen LogP contribution < -0.4 is 5.32 Å². The van der Waals surface area contributed by atoms with Gasteiger partial charge in [0, 0.05) is 53.7 Å². The minimum Gasteiger partial charge on any atom is -0.453 e. The molecule has 0 spiro atoms. The van der Waals surface area contributed by atoms with E-state index in [1.807, 2.05) is 23.2 Å². The van der Waals surface area contributed by atoms with Crippen LogP contribution in [0.4, 0.5) is 10.5 Å². The van der Waals surface area contributed by atoms with Crippen LogP contribution in [0.25, 0.3) is 23.0 Å². The standard InChI is InChI=1S/C35H40ClN9O5S/c1-50-35(47)39-28-9-5-24(6-10-28)30-19-37-34(40-30)33-29(23-3-4-23)18-26(22-13-15-43(16-14-22)51(2,48)49)20-44(33)32(46)12-7-25-17-27(36)8-11-31(25)45-21-38-41-42-45/h5-12,17,19,21-23,26,29,33H,3-4,13-16,18,20H2,1-2H3,(H,37,40)(H,39,47)/b12-7+/t26-,29-,33-/m0/s1. The van der Waals surface area contributed by atoms with Crippen LogP contribution in [0.15, 0.2) is 61.1 Å². The minimum absolute atomic E-state index is 0.150. The predicted molar refractivity (Wildman–Crippen MR) is 191 cm³/mol. The van der Waals surface area contributed by atoms with Gasteiger partial charge in [0.1, 0.15) is 12.2 Å². The Morgan fingerprint density at radius 2 is 1.80 bits per heavy atom. The number of methoxy groups -OCH3 is 1. The third-order valence-corrected chi connectivity index (χ3v) is 11.9. The van der Waals surface area contributed by atoms with Crippen molar-refractivity contribution in [3.05, 3.63) is 77.5 Å². The molecule has 3 fully saturated rings. The van der Waals surface area contributed by atoms with E-state index >= 15 is 0 Å². The summed E-state index contributed by atoms with van der Waals surface area (Å²) in [5, 5.41) is 14.7. The van der Waals surface area contributed by atoms with Gasteiger partial charge in [-0.1, -0.05) is 23.7 Å². The first-order chi connectivity index (χ1) is 24.6. The van der Waals surface area contributed by atoms with Crippen molar-refractivity contribution < 1.29 is 22.7 Å². The number of sulfonamides is 1. The molecule has 3 atom stereocenters. The normalized spacial score (nSPS) is 21.9. The molecular formula is C35H40ClN9O5S. The third kappa shape index (κ3) is 7.85. The number of imidazole rings is 1. The zero-order valence-corrected chi connectivity index (χ0v) is 29.9. The molecule has 2 amide bonds. The zero-order valence-electron chi connectivity index (χ0n) is 28.4. The van der Waals surface area contributed by atoms with Gasteiger partial charge >= 0.3 is 6.09 Å². The highest BCUT2D eigenvalue weighted by molar-refractivity contribution is 7.88. The molecule has 0 unspecified atom stereocenters. The first kappa shape index (κ1) is 34.8. The molecule has 3 aliphatic rings. The predicted octanol–water partition coefficient (Wildman–Crippen LogP) is 5.18. The highest BCUT2D eigenvalue weighted by atomic mass is 35.5. The Balaban J connectivity index is 1.20. The SMILES string of the molecule is COC(=O)Nc1ccc(-c2c[nH]c([C@@H]3[C@H](C4CC4)C[C@H](C4CCN(S(C)(=O)=O)CC4)CN3C(=O)/C=C/c3cc(Cl)ccc3-n3cnnn3)n2)cc1. The molecule has 4 aromatic rings. The third-order valence-electron chi connectivity index (χ3n) is 10.4. The summed E-state index contributed by atoms with van der Waals surface area (Å²) in [7, 11) is -1.94. The van der Waals surface area contributed by atoms with E-state index < -0.39 is 16.1 Å². The first-order valence-corrected chi connectivity index (χ1v) is 19.3. The lowest BCUT2D eigenvalue weighted by Crippen LogP contribution is -2.50. The molecule has 0 bridgehead atoms. The second-order valence-electron chi connectivity index (χ2n) is 13.6. The van der Waals surface area contributed by atoms with Gasteiger partial charge in [-0.15, -0.1) is 5.10 Å². The molecule has 51 heavy (non-hydrogen) atoms. The van der Waals surface area contributed by atoms with Crippen LogP contribution in [0, 0.1) is 23.7 Å². The molecule has 2 saturated heterocycles.